The lowest BCUT2D eigenvalue weighted by Crippen LogP contribution is -2.09. The Labute approximate surface area is 118 Å². The molecule has 0 amide bonds. The summed E-state index contributed by atoms with van der Waals surface area (Å²) >= 11 is 3.41. The zero-order chi connectivity index (χ0) is 13.7. The minimum atomic E-state index is -0.849. The molecule has 1 aromatic carbocycles. The van der Waals surface area contributed by atoms with Crippen LogP contribution >= 0.6 is 15.9 Å². The normalized spacial score (nSPS) is 10.2. The average Bonchev–Trinajstić information content (AvgIpc) is 2.39. The van der Waals surface area contributed by atoms with Gasteiger partial charge in [0.15, 0.2) is 0 Å². The van der Waals surface area contributed by atoms with Gasteiger partial charge in [0, 0.05) is 29.0 Å². The molecule has 0 unspecified atom stereocenters. The molecule has 0 aliphatic carbocycles. The van der Waals surface area contributed by atoms with Crippen molar-refractivity contribution in [2.45, 2.75) is 6.42 Å². The predicted octanol–water partition coefficient (Wildman–Crippen LogP) is 2.79. The van der Waals surface area contributed by atoms with Crippen LogP contribution in [0.15, 0.2) is 41.1 Å². The van der Waals surface area contributed by atoms with E-state index >= 15 is 0 Å². The molecule has 1 heterocycles. The molecular weight excluding hydrogens is 310 g/mol. The molecule has 0 radical (unpaired) electrons. The van der Waals surface area contributed by atoms with Crippen molar-refractivity contribution in [2.24, 2.45) is 0 Å². The first-order valence-electron chi connectivity index (χ1n) is 5.69. The van der Waals surface area contributed by atoms with Crippen LogP contribution in [0.1, 0.15) is 6.42 Å². The Morgan fingerprint density at radius 3 is 2.63 bits per heavy atom. The molecule has 1 aromatic heterocycles. The third-order valence-corrected chi connectivity index (χ3v) is 2.93. The van der Waals surface area contributed by atoms with Crippen LogP contribution in [0.5, 0.6) is 0 Å². The fourth-order valence-electron chi connectivity index (χ4n) is 1.52. The largest absolute Gasteiger partial charge is 0.481 e. The zero-order valence-electron chi connectivity index (χ0n) is 10.0. The zero-order valence-corrected chi connectivity index (χ0v) is 11.6. The quantitative estimate of drug-likeness (QED) is 0.885. The predicted molar refractivity (Wildman–Crippen MR) is 75.9 cm³/mol. The van der Waals surface area contributed by atoms with Crippen LogP contribution in [0.25, 0.3) is 11.1 Å². The Balaban J connectivity index is 2.04. The van der Waals surface area contributed by atoms with Crippen LogP contribution in [0.2, 0.25) is 0 Å². The van der Waals surface area contributed by atoms with Crippen LogP contribution in [-0.4, -0.2) is 27.6 Å². The number of aliphatic carboxylic acids is 1. The molecule has 0 aliphatic heterocycles. The number of benzene rings is 1. The van der Waals surface area contributed by atoms with Gasteiger partial charge in [0.05, 0.1) is 6.42 Å². The fourth-order valence-corrected chi connectivity index (χ4v) is 1.92. The number of carboxylic acids is 1. The van der Waals surface area contributed by atoms with Crippen molar-refractivity contribution < 1.29 is 9.90 Å². The number of carbonyl (C=O) groups is 1. The van der Waals surface area contributed by atoms with Gasteiger partial charge in [-0.1, -0.05) is 28.1 Å². The first-order valence-corrected chi connectivity index (χ1v) is 6.48. The summed E-state index contributed by atoms with van der Waals surface area (Å²) < 4.78 is 0.994. The first kappa shape index (κ1) is 13.5. The average molecular weight is 322 g/mol. The molecule has 0 saturated carbocycles. The minimum Gasteiger partial charge on any atom is -0.481 e. The van der Waals surface area contributed by atoms with E-state index in [-0.39, 0.29) is 6.42 Å². The summed E-state index contributed by atoms with van der Waals surface area (Å²) in [5, 5.41) is 11.4. The van der Waals surface area contributed by atoms with Crippen molar-refractivity contribution in [1.29, 1.82) is 0 Å². The second kappa shape index (κ2) is 6.29. The second-order valence-corrected chi connectivity index (χ2v) is 4.79. The maximum atomic E-state index is 10.4. The van der Waals surface area contributed by atoms with E-state index in [9.17, 15) is 4.79 Å². The van der Waals surface area contributed by atoms with E-state index in [0.29, 0.717) is 12.5 Å². The van der Waals surface area contributed by atoms with Gasteiger partial charge in [-0.25, -0.2) is 9.97 Å². The molecule has 0 aliphatic rings. The molecule has 0 spiro atoms. The van der Waals surface area contributed by atoms with Gasteiger partial charge < -0.3 is 10.4 Å². The Kier molecular flexibility index (Phi) is 4.46. The highest BCUT2D eigenvalue weighted by molar-refractivity contribution is 9.10. The van der Waals surface area contributed by atoms with Gasteiger partial charge in [0.1, 0.15) is 0 Å². The lowest BCUT2D eigenvalue weighted by Gasteiger charge is -2.04. The maximum absolute atomic E-state index is 10.4. The molecule has 2 aromatic rings. The van der Waals surface area contributed by atoms with E-state index in [2.05, 4.69) is 31.2 Å². The van der Waals surface area contributed by atoms with Crippen LogP contribution in [0.3, 0.4) is 0 Å². The molecule has 98 valence electrons. The number of carboxylic acid groups (broad SMARTS) is 1. The summed E-state index contributed by atoms with van der Waals surface area (Å²) in [4.78, 5) is 18.7. The van der Waals surface area contributed by atoms with Crippen LogP contribution in [-0.2, 0) is 4.79 Å². The summed E-state index contributed by atoms with van der Waals surface area (Å²) in [6.45, 7) is 0.311. The smallest absolute Gasteiger partial charge is 0.305 e. The van der Waals surface area contributed by atoms with Gasteiger partial charge in [-0.3, -0.25) is 4.79 Å². The molecule has 0 atom stereocenters. The monoisotopic (exact) mass is 321 g/mol. The van der Waals surface area contributed by atoms with Crippen molar-refractivity contribution in [1.82, 2.24) is 9.97 Å². The number of halogens is 1. The van der Waals surface area contributed by atoms with Crippen molar-refractivity contribution in [3.05, 3.63) is 41.1 Å². The Hall–Kier alpha value is -1.95. The Bertz CT molecular complexity index is 572. The third kappa shape index (κ3) is 4.03. The molecule has 0 bridgehead atoms. The second-order valence-electron chi connectivity index (χ2n) is 3.88. The van der Waals surface area contributed by atoms with E-state index in [1.807, 2.05) is 24.3 Å². The first-order chi connectivity index (χ1) is 9.15. The highest BCUT2D eigenvalue weighted by Gasteiger charge is 2.02. The van der Waals surface area contributed by atoms with E-state index in [1.54, 1.807) is 12.4 Å². The van der Waals surface area contributed by atoms with E-state index in [0.717, 1.165) is 15.6 Å². The summed E-state index contributed by atoms with van der Waals surface area (Å²) in [5.41, 5.74) is 1.93. The van der Waals surface area contributed by atoms with Crippen LogP contribution in [0, 0.1) is 0 Å². The maximum Gasteiger partial charge on any atom is 0.305 e. The SMILES string of the molecule is O=C(O)CCNc1ncc(-c2cccc(Br)c2)cn1. The molecule has 2 rings (SSSR count). The molecular formula is C13H12BrN3O2. The number of hydrogen-bond donors (Lipinski definition) is 2. The van der Waals surface area contributed by atoms with Crippen molar-refractivity contribution in [2.75, 3.05) is 11.9 Å². The molecule has 6 heteroatoms. The van der Waals surface area contributed by atoms with Gasteiger partial charge in [-0.15, -0.1) is 0 Å². The number of rotatable bonds is 5. The van der Waals surface area contributed by atoms with Crippen molar-refractivity contribution in [3.63, 3.8) is 0 Å². The van der Waals surface area contributed by atoms with E-state index < -0.39 is 5.97 Å². The number of nitrogens with one attached hydrogen (secondary N) is 1. The Morgan fingerprint density at radius 2 is 2.00 bits per heavy atom. The molecule has 5 nitrogen and oxygen atoms in total. The lowest BCUT2D eigenvalue weighted by molar-refractivity contribution is -0.136. The number of nitrogens with zero attached hydrogens (tertiary/aromatic N) is 2. The molecule has 0 fully saturated rings. The summed E-state index contributed by atoms with van der Waals surface area (Å²) in [6, 6.07) is 7.85. The van der Waals surface area contributed by atoms with Gasteiger partial charge in [-0.2, -0.15) is 0 Å². The van der Waals surface area contributed by atoms with Crippen molar-refractivity contribution >= 4 is 27.8 Å². The number of anilines is 1. The van der Waals surface area contributed by atoms with Crippen LogP contribution < -0.4 is 5.32 Å². The van der Waals surface area contributed by atoms with Gasteiger partial charge >= 0.3 is 5.97 Å². The lowest BCUT2D eigenvalue weighted by atomic mass is 10.1. The molecule has 0 saturated heterocycles. The molecule has 19 heavy (non-hydrogen) atoms. The van der Waals surface area contributed by atoms with Gasteiger partial charge in [0.25, 0.3) is 0 Å². The summed E-state index contributed by atoms with van der Waals surface area (Å²) in [6.07, 6.45) is 3.45. The number of aromatic nitrogens is 2. The highest BCUT2D eigenvalue weighted by Crippen LogP contribution is 2.21. The van der Waals surface area contributed by atoms with Gasteiger partial charge in [-0.05, 0) is 17.7 Å². The molecule has 2 N–H and O–H groups in total. The minimum absolute atomic E-state index is 0.0384. The fraction of sp³-hybridized carbons (Fsp3) is 0.154. The number of hydrogen-bond acceptors (Lipinski definition) is 4. The summed E-state index contributed by atoms with van der Waals surface area (Å²) in [7, 11) is 0. The Morgan fingerprint density at radius 1 is 1.26 bits per heavy atom. The standard InChI is InChI=1S/C13H12BrN3O2/c14-11-3-1-2-9(6-11)10-7-16-13(17-8-10)15-5-4-12(18)19/h1-3,6-8H,4-5H2,(H,18,19)(H,15,16,17). The van der Waals surface area contributed by atoms with Crippen LogP contribution in [0.4, 0.5) is 5.95 Å². The van der Waals surface area contributed by atoms with Crippen molar-refractivity contribution in [3.8, 4) is 11.1 Å². The van der Waals surface area contributed by atoms with E-state index in [1.165, 1.54) is 0 Å². The van der Waals surface area contributed by atoms with Gasteiger partial charge in [0.2, 0.25) is 5.95 Å². The topological polar surface area (TPSA) is 75.1 Å². The highest BCUT2D eigenvalue weighted by atomic mass is 79.9. The van der Waals surface area contributed by atoms with E-state index in [4.69, 9.17) is 5.11 Å². The third-order valence-electron chi connectivity index (χ3n) is 2.43. The summed E-state index contributed by atoms with van der Waals surface area (Å²) in [5.74, 6) is -0.418.